The predicted molar refractivity (Wildman–Crippen MR) is 186 cm³/mol. The largest absolute Gasteiger partial charge is 0.444 e. The van der Waals surface area contributed by atoms with Gasteiger partial charge in [-0.25, -0.2) is 13.2 Å². The van der Waals surface area contributed by atoms with E-state index in [1.54, 1.807) is 18.7 Å². The van der Waals surface area contributed by atoms with E-state index >= 15 is 0 Å². The lowest BCUT2D eigenvalue weighted by molar-refractivity contribution is -0.163. The van der Waals surface area contributed by atoms with Gasteiger partial charge in [-0.2, -0.15) is 13.2 Å². The Hall–Kier alpha value is -3.66. The number of amides is 4. The fourth-order valence-corrected chi connectivity index (χ4v) is 8.70. The van der Waals surface area contributed by atoms with Gasteiger partial charge in [0.05, 0.1) is 17.8 Å². The summed E-state index contributed by atoms with van der Waals surface area (Å²) in [5.74, 6) is -3.27. The topological polar surface area (TPSA) is 154 Å². The molecule has 52 heavy (non-hydrogen) atoms. The van der Waals surface area contributed by atoms with Gasteiger partial charge in [-0.3, -0.25) is 29.3 Å². The van der Waals surface area contributed by atoms with Crippen LogP contribution in [0.25, 0.3) is 0 Å². The van der Waals surface area contributed by atoms with Crippen molar-refractivity contribution in [1.29, 1.82) is 0 Å². The number of nitrogens with one attached hydrogen (secondary N) is 3. The van der Waals surface area contributed by atoms with Crippen molar-refractivity contribution in [2.75, 3.05) is 6.54 Å². The van der Waals surface area contributed by atoms with Crippen LogP contribution in [0, 0.1) is 5.92 Å². The number of carbonyl (C=O) groups excluding carboxylic acids is 4. The monoisotopic (exact) mass is 753 g/mol. The zero-order chi connectivity index (χ0) is 38.0. The van der Waals surface area contributed by atoms with Crippen LogP contribution in [-0.2, 0) is 48.7 Å². The number of benzene rings is 1. The van der Waals surface area contributed by atoms with Crippen molar-refractivity contribution in [3.8, 4) is 0 Å². The highest BCUT2D eigenvalue weighted by Gasteiger charge is 2.49. The number of carbonyl (C=O) groups is 4. The number of rotatable bonds is 8. The molecule has 2 fully saturated rings. The molecule has 1 aromatic carbocycles. The molecule has 3 N–H and O–H groups in total. The Balaban J connectivity index is 1.44. The molecule has 5 atom stereocenters. The van der Waals surface area contributed by atoms with Gasteiger partial charge in [-0.15, -0.1) is 6.58 Å². The highest BCUT2D eigenvalue weighted by atomic mass is 32.2. The van der Waals surface area contributed by atoms with Gasteiger partial charge in [0.25, 0.3) is 5.91 Å². The Kier molecular flexibility index (Phi) is 12.0. The average molecular weight is 754 g/mol. The van der Waals surface area contributed by atoms with Crippen molar-refractivity contribution < 1.29 is 45.5 Å². The summed E-state index contributed by atoms with van der Waals surface area (Å²) in [6.45, 7) is 8.52. The van der Waals surface area contributed by atoms with Gasteiger partial charge >= 0.3 is 12.3 Å². The summed E-state index contributed by atoms with van der Waals surface area (Å²) < 4.78 is 76.3. The number of aryl methyl sites for hydroxylation is 1. The van der Waals surface area contributed by atoms with Crippen molar-refractivity contribution >= 4 is 33.8 Å². The van der Waals surface area contributed by atoms with Crippen LogP contribution < -0.4 is 15.4 Å². The molecule has 1 saturated carbocycles. The van der Waals surface area contributed by atoms with Gasteiger partial charge in [-0.1, -0.05) is 57.4 Å². The molecule has 1 saturated heterocycles. The van der Waals surface area contributed by atoms with Crippen LogP contribution in [0.4, 0.5) is 18.0 Å². The highest BCUT2D eigenvalue weighted by molar-refractivity contribution is 7.91. The Morgan fingerprint density at radius 2 is 1.77 bits per heavy atom. The minimum atomic E-state index is -4.65. The summed E-state index contributed by atoms with van der Waals surface area (Å²) in [5.41, 5.74) is 1.26. The Morgan fingerprint density at radius 1 is 1.08 bits per heavy atom. The first kappa shape index (κ1) is 39.5. The van der Waals surface area contributed by atoms with E-state index in [1.165, 1.54) is 13.0 Å². The standard InChI is InChI=1S/C36H50F3N5O7S/c1-5-17-35(4,33(47)42-52(49,50)26-15-16-26)41-31(45)28-18-25-20-44(28)32(46)30(22(2)3)40-29(36(37,38)39)14-9-7-6-8-11-23-12-10-13-24-19-43(21-27(23)24)34(48)51-25/h5,10,12-13,22,25-26,28-30,40H,1,6-9,11,14-21H2,2-4H3,(H,41,45)(H,42,47)/t25-,28+,29?,30+,35+/m1/s1. The quantitative estimate of drug-likeness (QED) is 0.334. The molecule has 0 aromatic heterocycles. The number of ether oxygens (including phenoxy) is 1. The Bertz CT molecular complexity index is 1650. The molecule has 5 rings (SSSR count). The molecular formula is C36H50F3N5O7S. The smallest absolute Gasteiger partial charge is 0.410 e. The molecule has 3 aliphatic heterocycles. The van der Waals surface area contributed by atoms with Crippen LogP contribution in [0.15, 0.2) is 30.9 Å². The molecule has 0 spiro atoms. The second-order valence-electron chi connectivity index (χ2n) is 15.1. The maximum atomic E-state index is 14.4. The number of fused-ring (bicyclic) bond motifs is 3. The average Bonchev–Trinajstić information content (AvgIpc) is 3.70. The molecule has 16 heteroatoms. The zero-order valence-electron chi connectivity index (χ0n) is 30.0. The first-order valence-electron chi connectivity index (χ1n) is 18.1. The van der Waals surface area contributed by atoms with Gasteiger partial charge in [0, 0.05) is 19.5 Å². The van der Waals surface area contributed by atoms with Gasteiger partial charge in [-0.05, 0) is 68.1 Å². The van der Waals surface area contributed by atoms with Crippen LogP contribution >= 0.6 is 0 Å². The second-order valence-corrected chi connectivity index (χ2v) is 17.0. The lowest BCUT2D eigenvalue weighted by Gasteiger charge is -2.35. The molecule has 12 nitrogen and oxygen atoms in total. The molecular weight excluding hydrogens is 703 g/mol. The van der Waals surface area contributed by atoms with E-state index in [-0.39, 0.29) is 32.2 Å². The summed E-state index contributed by atoms with van der Waals surface area (Å²) in [6, 6.07) is 1.17. The lowest BCUT2D eigenvalue weighted by atomic mass is 9.95. The molecule has 288 valence electrons. The Morgan fingerprint density at radius 3 is 2.42 bits per heavy atom. The number of nitrogens with zero attached hydrogens (tertiary/aromatic N) is 2. The number of sulfonamides is 1. The zero-order valence-corrected chi connectivity index (χ0v) is 30.8. The fourth-order valence-electron chi connectivity index (χ4n) is 7.30. The van der Waals surface area contributed by atoms with Crippen LogP contribution in [0.3, 0.4) is 0 Å². The normalized spacial score (nSPS) is 26.1. The molecule has 0 radical (unpaired) electrons. The molecule has 1 unspecified atom stereocenters. The van der Waals surface area contributed by atoms with E-state index in [1.807, 2.05) is 22.9 Å². The lowest BCUT2D eigenvalue weighted by Crippen LogP contribution is -2.62. The van der Waals surface area contributed by atoms with Crippen molar-refractivity contribution in [3.05, 3.63) is 47.5 Å². The molecule has 4 amide bonds. The van der Waals surface area contributed by atoms with E-state index in [9.17, 15) is 40.8 Å². The van der Waals surface area contributed by atoms with Crippen molar-refractivity contribution in [2.45, 2.75) is 139 Å². The Labute approximate surface area is 303 Å². The third-order valence-corrected chi connectivity index (χ3v) is 12.3. The van der Waals surface area contributed by atoms with Crippen LogP contribution in [0.5, 0.6) is 0 Å². The summed E-state index contributed by atoms with van der Waals surface area (Å²) in [7, 11) is -3.98. The van der Waals surface area contributed by atoms with Crippen molar-refractivity contribution in [1.82, 2.24) is 25.2 Å². The van der Waals surface area contributed by atoms with Crippen LogP contribution in [-0.4, -0.2) is 89.8 Å². The molecule has 4 aliphatic rings. The molecule has 4 bridgehead atoms. The van der Waals surface area contributed by atoms with E-state index in [0.717, 1.165) is 34.4 Å². The van der Waals surface area contributed by atoms with E-state index in [2.05, 4.69) is 17.2 Å². The summed E-state index contributed by atoms with van der Waals surface area (Å²) >= 11 is 0. The maximum Gasteiger partial charge on any atom is 0.410 e. The molecule has 1 aromatic rings. The first-order chi connectivity index (χ1) is 24.4. The SMILES string of the molecule is C=CC[C@](C)(NC(=O)[C@@H]1C[C@@H]2CN1C(=O)[C@H](C(C)C)NC(C(F)(F)F)CCCCCCc1cccc3c1CN(C3)C(=O)O2)C(=O)NS(=O)(=O)C1CC1. The third-order valence-electron chi connectivity index (χ3n) is 10.5. The summed E-state index contributed by atoms with van der Waals surface area (Å²) in [6.07, 6.45) is -1.71. The van der Waals surface area contributed by atoms with E-state index in [4.69, 9.17) is 4.74 Å². The van der Waals surface area contributed by atoms with Crippen molar-refractivity contribution in [2.24, 2.45) is 5.92 Å². The molecule has 1 aliphatic carbocycles. The van der Waals surface area contributed by atoms with Gasteiger partial charge < -0.3 is 15.0 Å². The number of alkyl halides is 3. The summed E-state index contributed by atoms with van der Waals surface area (Å²) in [5, 5.41) is 4.44. The predicted octanol–water partition coefficient (Wildman–Crippen LogP) is 4.22. The van der Waals surface area contributed by atoms with Gasteiger partial charge in [0.2, 0.25) is 21.8 Å². The first-order valence-corrected chi connectivity index (χ1v) is 19.7. The van der Waals surface area contributed by atoms with E-state index < -0.39 is 81.0 Å². The van der Waals surface area contributed by atoms with Crippen LogP contribution in [0.2, 0.25) is 0 Å². The van der Waals surface area contributed by atoms with Crippen molar-refractivity contribution in [3.63, 3.8) is 0 Å². The summed E-state index contributed by atoms with van der Waals surface area (Å²) in [4.78, 5) is 57.9. The van der Waals surface area contributed by atoms with Gasteiger partial charge in [0.1, 0.15) is 23.7 Å². The number of halogens is 3. The molecule has 3 heterocycles. The number of hydrogen-bond acceptors (Lipinski definition) is 8. The second kappa shape index (κ2) is 15.7. The minimum Gasteiger partial charge on any atom is -0.444 e. The van der Waals surface area contributed by atoms with E-state index in [0.29, 0.717) is 38.8 Å². The third kappa shape index (κ3) is 9.10. The fraction of sp³-hybridized carbons (Fsp3) is 0.667. The number of hydrogen-bond donors (Lipinski definition) is 3. The minimum absolute atomic E-state index is 0.176. The van der Waals surface area contributed by atoms with Gasteiger partial charge in [0.15, 0.2) is 0 Å². The highest BCUT2D eigenvalue weighted by Crippen LogP contribution is 2.32. The maximum absolute atomic E-state index is 14.4. The van der Waals surface area contributed by atoms with Crippen LogP contribution in [0.1, 0.15) is 95.2 Å².